The Kier molecular flexibility index (Phi) is 4.86. The molecule has 3 rings (SSSR count). The van der Waals surface area contributed by atoms with E-state index in [1.54, 1.807) is 14.2 Å². The predicted octanol–water partition coefficient (Wildman–Crippen LogP) is 2.82. The Hall–Kier alpha value is -2.01. The van der Waals surface area contributed by atoms with Crippen LogP contribution in [0.1, 0.15) is 30.0 Å². The van der Waals surface area contributed by atoms with Crippen molar-refractivity contribution in [2.75, 3.05) is 27.3 Å². The van der Waals surface area contributed by atoms with Crippen LogP contribution in [0.25, 0.3) is 0 Å². The third-order valence-electron chi connectivity index (χ3n) is 4.68. The molecule has 124 valence electrons. The van der Waals surface area contributed by atoms with E-state index < -0.39 is 0 Å². The quantitative estimate of drug-likeness (QED) is 0.850. The van der Waals surface area contributed by atoms with E-state index in [-0.39, 0.29) is 0 Å². The minimum Gasteiger partial charge on any atom is -0.497 e. The number of aryl methyl sites for hydroxylation is 1. The van der Waals surface area contributed by atoms with Crippen molar-refractivity contribution < 1.29 is 9.47 Å². The highest BCUT2D eigenvalue weighted by molar-refractivity contribution is 5.38. The van der Waals surface area contributed by atoms with E-state index in [1.165, 1.54) is 24.1 Å². The second kappa shape index (κ2) is 7.04. The Labute approximate surface area is 137 Å². The molecule has 5 heteroatoms. The van der Waals surface area contributed by atoms with Crippen LogP contribution in [0.5, 0.6) is 11.5 Å². The van der Waals surface area contributed by atoms with E-state index >= 15 is 0 Å². The maximum atomic E-state index is 5.36. The number of methoxy groups -OCH3 is 2. The molecule has 1 fully saturated rings. The third-order valence-corrected chi connectivity index (χ3v) is 4.68. The number of rotatable bonds is 5. The van der Waals surface area contributed by atoms with Gasteiger partial charge in [-0.25, -0.2) is 0 Å². The van der Waals surface area contributed by atoms with Gasteiger partial charge in [0.25, 0.3) is 0 Å². The molecule has 1 saturated heterocycles. The first-order valence-corrected chi connectivity index (χ1v) is 8.12. The highest BCUT2D eigenvalue weighted by Crippen LogP contribution is 2.29. The molecule has 2 aromatic rings. The summed E-state index contributed by atoms with van der Waals surface area (Å²) in [6.07, 6.45) is 4.26. The molecule has 1 aromatic carbocycles. The molecule has 0 atom stereocenters. The number of ether oxygens (including phenoxy) is 2. The van der Waals surface area contributed by atoms with Gasteiger partial charge in [-0.05, 0) is 49.7 Å². The van der Waals surface area contributed by atoms with Gasteiger partial charge in [-0.15, -0.1) is 0 Å². The monoisotopic (exact) mass is 315 g/mol. The maximum absolute atomic E-state index is 5.36. The molecule has 0 aliphatic carbocycles. The molecule has 0 saturated carbocycles. The SMILES string of the molecule is COc1cc(CN2CCC(c3ccnn3C)CC2)cc(OC)c1. The summed E-state index contributed by atoms with van der Waals surface area (Å²) in [5.41, 5.74) is 2.59. The molecule has 23 heavy (non-hydrogen) atoms. The standard InChI is InChI=1S/C18H25N3O2/c1-20-18(4-7-19-20)15-5-8-21(9-6-15)13-14-10-16(22-2)12-17(11-14)23-3/h4,7,10-12,15H,5-6,8-9,13H2,1-3H3. The van der Waals surface area contributed by atoms with Crippen LogP contribution >= 0.6 is 0 Å². The number of hydrogen-bond acceptors (Lipinski definition) is 4. The molecule has 0 amide bonds. The molecule has 0 radical (unpaired) electrons. The smallest absolute Gasteiger partial charge is 0.122 e. The lowest BCUT2D eigenvalue weighted by Gasteiger charge is -2.32. The second-order valence-electron chi connectivity index (χ2n) is 6.15. The molecule has 0 spiro atoms. The van der Waals surface area contributed by atoms with Crippen molar-refractivity contribution in [2.45, 2.75) is 25.3 Å². The zero-order valence-electron chi connectivity index (χ0n) is 14.2. The summed E-state index contributed by atoms with van der Waals surface area (Å²) in [6.45, 7) is 3.15. The number of hydrogen-bond donors (Lipinski definition) is 0. The first-order chi connectivity index (χ1) is 11.2. The highest BCUT2D eigenvalue weighted by atomic mass is 16.5. The molecular formula is C18H25N3O2. The van der Waals surface area contributed by atoms with Gasteiger partial charge < -0.3 is 9.47 Å². The van der Waals surface area contributed by atoms with Crippen LogP contribution in [-0.4, -0.2) is 42.0 Å². The predicted molar refractivity (Wildman–Crippen MR) is 90.0 cm³/mol. The van der Waals surface area contributed by atoms with Crippen molar-refractivity contribution in [3.8, 4) is 11.5 Å². The van der Waals surface area contributed by atoms with E-state index in [0.717, 1.165) is 31.1 Å². The molecule has 1 aliphatic heterocycles. The number of benzene rings is 1. The van der Waals surface area contributed by atoms with Gasteiger partial charge in [-0.3, -0.25) is 9.58 Å². The summed E-state index contributed by atoms with van der Waals surface area (Å²) >= 11 is 0. The van der Waals surface area contributed by atoms with Gasteiger partial charge in [-0.1, -0.05) is 0 Å². The zero-order valence-corrected chi connectivity index (χ0v) is 14.2. The van der Waals surface area contributed by atoms with Gasteiger partial charge in [0, 0.05) is 37.5 Å². The number of likely N-dealkylation sites (tertiary alicyclic amines) is 1. The normalized spacial score (nSPS) is 16.5. The minimum atomic E-state index is 0.624. The van der Waals surface area contributed by atoms with Gasteiger partial charge in [0.05, 0.1) is 14.2 Å². The van der Waals surface area contributed by atoms with E-state index in [4.69, 9.17) is 9.47 Å². The first kappa shape index (κ1) is 15.9. The maximum Gasteiger partial charge on any atom is 0.122 e. The third kappa shape index (κ3) is 3.67. The Balaban J connectivity index is 1.61. The Morgan fingerprint density at radius 2 is 1.74 bits per heavy atom. The van der Waals surface area contributed by atoms with Crippen LogP contribution in [0.3, 0.4) is 0 Å². The van der Waals surface area contributed by atoms with Gasteiger partial charge in [0.1, 0.15) is 11.5 Å². The number of nitrogens with zero attached hydrogens (tertiary/aromatic N) is 3. The highest BCUT2D eigenvalue weighted by Gasteiger charge is 2.22. The van der Waals surface area contributed by atoms with Crippen molar-refractivity contribution in [3.63, 3.8) is 0 Å². The van der Waals surface area contributed by atoms with Crippen LogP contribution in [-0.2, 0) is 13.6 Å². The number of aromatic nitrogens is 2. The van der Waals surface area contributed by atoms with E-state index in [1.807, 2.05) is 24.0 Å². The Bertz CT molecular complexity index is 623. The lowest BCUT2D eigenvalue weighted by atomic mass is 9.93. The zero-order chi connectivity index (χ0) is 16.2. The van der Waals surface area contributed by atoms with E-state index in [0.29, 0.717) is 5.92 Å². The molecule has 1 aliphatic rings. The molecule has 2 heterocycles. The largest absolute Gasteiger partial charge is 0.497 e. The van der Waals surface area contributed by atoms with Crippen LogP contribution in [0, 0.1) is 0 Å². The van der Waals surface area contributed by atoms with E-state index in [9.17, 15) is 0 Å². The van der Waals surface area contributed by atoms with Crippen LogP contribution in [0.15, 0.2) is 30.5 Å². The topological polar surface area (TPSA) is 39.5 Å². The summed E-state index contributed by atoms with van der Waals surface area (Å²) in [7, 11) is 5.42. The van der Waals surface area contributed by atoms with Crippen molar-refractivity contribution in [3.05, 3.63) is 41.7 Å². The molecule has 0 bridgehead atoms. The fourth-order valence-corrected chi connectivity index (χ4v) is 3.39. The lowest BCUT2D eigenvalue weighted by Crippen LogP contribution is -2.33. The fourth-order valence-electron chi connectivity index (χ4n) is 3.39. The summed E-state index contributed by atoms with van der Waals surface area (Å²) in [4.78, 5) is 2.50. The Morgan fingerprint density at radius 1 is 1.09 bits per heavy atom. The summed E-state index contributed by atoms with van der Waals surface area (Å²) in [6, 6.07) is 8.25. The van der Waals surface area contributed by atoms with Gasteiger partial charge in [-0.2, -0.15) is 5.10 Å². The van der Waals surface area contributed by atoms with E-state index in [2.05, 4.69) is 28.2 Å². The first-order valence-electron chi connectivity index (χ1n) is 8.12. The van der Waals surface area contributed by atoms with Crippen LogP contribution in [0.4, 0.5) is 0 Å². The van der Waals surface area contributed by atoms with Crippen molar-refractivity contribution in [1.29, 1.82) is 0 Å². The van der Waals surface area contributed by atoms with Crippen molar-refractivity contribution in [2.24, 2.45) is 7.05 Å². The van der Waals surface area contributed by atoms with Gasteiger partial charge in [0.2, 0.25) is 0 Å². The van der Waals surface area contributed by atoms with Crippen molar-refractivity contribution >= 4 is 0 Å². The average molecular weight is 315 g/mol. The molecular weight excluding hydrogens is 290 g/mol. The molecule has 5 nitrogen and oxygen atoms in total. The summed E-state index contributed by atoms with van der Waals surface area (Å²) in [5.74, 6) is 2.33. The lowest BCUT2D eigenvalue weighted by molar-refractivity contribution is 0.201. The molecule has 1 aromatic heterocycles. The van der Waals surface area contributed by atoms with Crippen LogP contribution in [0.2, 0.25) is 0 Å². The number of piperidine rings is 1. The fraction of sp³-hybridized carbons (Fsp3) is 0.500. The second-order valence-corrected chi connectivity index (χ2v) is 6.15. The summed E-state index contributed by atoms with van der Waals surface area (Å²) in [5, 5.41) is 4.29. The van der Waals surface area contributed by atoms with Crippen molar-refractivity contribution in [1.82, 2.24) is 14.7 Å². The molecule has 0 N–H and O–H groups in total. The van der Waals surface area contributed by atoms with Gasteiger partial charge in [0.15, 0.2) is 0 Å². The Morgan fingerprint density at radius 3 is 2.26 bits per heavy atom. The molecule has 0 unspecified atom stereocenters. The van der Waals surface area contributed by atoms with Gasteiger partial charge >= 0.3 is 0 Å². The minimum absolute atomic E-state index is 0.624. The van der Waals surface area contributed by atoms with Crippen LogP contribution < -0.4 is 9.47 Å². The summed E-state index contributed by atoms with van der Waals surface area (Å²) < 4.78 is 12.7. The average Bonchev–Trinajstić information content (AvgIpc) is 3.01.